The Balaban J connectivity index is 1.58. The number of methoxy groups -OCH3 is 1. The molecule has 8 nitrogen and oxygen atoms in total. The molecule has 0 aliphatic heterocycles. The maximum atomic E-state index is 14.7. The van der Waals surface area contributed by atoms with Crippen molar-refractivity contribution >= 4 is 43.5 Å². The summed E-state index contributed by atoms with van der Waals surface area (Å²) in [6, 6.07) is 28.0. The third-order valence-electron chi connectivity index (χ3n) is 8.89. The van der Waals surface area contributed by atoms with Crippen LogP contribution in [0.25, 0.3) is 0 Å². The van der Waals surface area contributed by atoms with E-state index >= 15 is 0 Å². The highest BCUT2D eigenvalue weighted by Crippen LogP contribution is 2.31. The second-order valence-electron chi connectivity index (χ2n) is 12.3. The fraction of sp³-hybridized carbons (Fsp3) is 0.316. The van der Waals surface area contributed by atoms with Crippen LogP contribution in [-0.4, -0.2) is 50.9 Å². The van der Waals surface area contributed by atoms with E-state index in [0.717, 1.165) is 52.2 Å². The van der Waals surface area contributed by atoms with Gasteiger partial charge in [0.1, 0.15) is 18.3 Å². The minimum absolute atomic E-state index is 0.00573. The number of halogens is 1. The molecule has 10 heteroatoms. The van der Waals surface area contributed by atoms with Crippen molar-refractivity contribution in [2.45, 2.75) is 69.5 Å². The highest BCUT2D eigenvalue weighted by atomic mass is 79.9. The number of amides is 2. The van der Waals surface area contributed by atoms with Crippen molar-refractivity contribution in [2.75, 3.05) is 18.0 Å². The van der Waals surface area contributed by atoms with Crippen molar-refractivity contribution in [2.24, 2.45) is 0 Å². The molecule has 0 spiro atoms. The molecule has 1 N–H and O–H groups in total. The molecule has 0 aromatic heterocycles. The summed E-state index contributed by atoms with van der Waals surface area (Å²) in [4.78, 5) is 30.5. The normalized spacial score (nSPS) is 13.9. The smallest absolute Gasteiger partial charge is 0.264 e. The number of nitrogens with zero attached hydrogens (tertiary/aromatic N) is 2. The van der Waals surface area contributed by atoms with E-state index in [2.05, 4.69) is 21.2 Å². The van der Waals surface area contributed by atoms with Gasteiger partial charge in [0.05, 0.1) is 22.2 Å². The molecule has 1 atom stereocenters. The predicted octanol–water partition coefficient (Wildman–Crippen LogP) is 6.97. The van der Waals surface area contributed by atoms with Gasteiger partial charge in [0, 0.05) is 19.0 Å². The summed E-state index contributed by atoms with van der Waals surface area (Å²) in [6.45, 7) is 3.50. The lowest BCUT2D eigenvalue weighted by molar-refractivity contribution is -0.140. The van der Waals surface area contributed by atoms with E-state index in [9.17, 15) is 18.0 Å². The van der Waals surface area contributed by atoms with Gasteiger partial charge in [-0.25, -0.2) is 8.42 Å². The van der Waals surface area contributed by atoms with E-state index in [0.29, 0.717) is 15.9 Å². The van der Waals surface area contributed by atoms with E-state index in [1.807, 2.05) is 80.6 Å². The number of anilines is 1. The largest absolute Gasteiger partial charge is 0.496 e. The molecule has 1 fully saturated rings. The number of nitrogens with one attached hydrogen (secondary N) is 1. The number of hydrogen-bond acceptors (Lipinski definition) is 5. The van der Waals surface area contributed by atoms with Gasteiger partial charge in [-0.1, -0.05) is 85.1 Å². The average Bonchev–Trinajstić information content (AvgIpc) is 3.59. The van der Waals surface area contributed by atoms with E-state index < -0.39 is 28.5 Å². The summed E-state index contributed by atoms with van der Waals surface area (Å²) in [7, 11) is -2.74. The summed E-state index contributed by atoms with van der Waals surface area (Å²) < 4.78 is 35.7. The lowest BCUT2D eigenvalue weighted by atomic mass is 10.0. The fourth-order valence-corrected chi connectivity index (χ4v) is 8.20. The number of ether oxygens (including phenoxy) is 1. The summed E-state index contributed by atoms with van der Waals surface area (Å²) in [5.74, 6) is -0.248. The molecule has 48 heavy (non-hydrogen) atoms. The first kappa shape index (κ1) is 35.2. The number of hydrogen-bond donors (Lipinski definition) is 1. The van der Waals surface area contributed by atoms with Crippen LogP contribution >= 0.6 is 15.9 Å². The highest BCUT2D eigenvalue weighted by molar-refractivity contribution is 9.10. The van der Waals surface area contributed by atoms with Crippen molar-refractivity contribution in [1.82, 2.24) is 10.2 Å². The lowest BCUT2D eigenvalue weighted by Crippen LogP contribution is -2.54. The van der Waals surface area contributed by atoms with Crippen molar-refractivity contribution in [3.05, 3.63) is 124 Å². The second-order valence-corrected chi connectivity index (χ2v) is 15.0. The SMILES string of the molecule is COc1ccc(S(=O)(=O)N(CC(=O)N(Cc2ccccc2C)[C@@H](Cc2ccccc2)C(=O)NC2CCCC2)c2ccc(C)cc2)cc1Br. The first-order chi connectivity index (χ1) is 23.1. The number of carbonyl (C=O) groups is 2. The van der Waals surface area contributed by atoms with Crippen LogP contribution in [0.4, 0.5) is 5.69 Å². The van der Waals surface area contributed by atoms with Gasteiger partial charge in [0.25, 0.3) is 10.0 Å². The van der Waals surface area contributed by atoms with E-state index in [-0.39, 0.29) is 29.8 Å². The summed E-state index contributed by atoms with van der Waals surface area (Å²) >= 11 is 3.41. The molecule has 1 aliphatic carbocycles. The average molecular weight is 733 g/mol. The van der Waals surface area contributed by atoms with Gasteiger partial charge >= 0.3 is 0 Å². The quantitative estimate of drug-likeness (QED) is 0.160. The van der Waals surface area contributed by atoms with Crippen LogP contribution in [0.5, 0.6) is 5.75 Å². The van der Waals surface area contributed by atoms with Crippen LogP contribution in [0, 0.1) is 13.8 Å². The van der Waals surface area contributed by atoms with Crippen molar-refractivity contribution < 1.29 is 22.7 Å². The maximum absolute atomic E-state index is 14.7. The number of rotatable bonds is 13. The standard InChI is InChI=1S/C38H42BrN3O5S/c1-27-17-19-32(20-18-27)42(48(45,46)33-21-22-36(47-3)34(39)24-33)26-37(43)41(25-30-14-8-7-11-28(30)2)35(23-29-12-5-4-6-13-29)38(44)40-31-15-9-10-16-31/h4-8,11-14,17-22,24,31,35H,9-10,15-16,23,25-26H2,1-3H3,(H,40,44)/t35-/m0/s1. The minimum atomic E-state index is -4.25. The molecule has 0 saturated heterocycles. The molecule has 1 saturated carbocycles. The molecule has 2 amide bonds. The van der Waals surface area contributed by atoms with Crippen LogP contribution in [0.2, 0.25) is 0 Å². The van der Waals surface area contributed by atoms with Crippen LogP contribution in [0.15, 0.2) is 106 Å². The van der Waals surface area contributed by atoms with E-state index in [1.54, 1.807) is 23.1 Å². The van der Waals surface area contributed by atoms with Gasteiger partial charge in [0.15, 0.2) is 0 Å². The molecule has 0 bridgehead atoms. The molecule has 4 aromatic carbocycles. The van der Waals surface area contributed by atoms with Gasteiger partial charge in [-0.15, -0.1) is 0 Å². The molecule has 0 unspecified atom stereocenters. The molecule has 5 rings (SSSR count). The van der Waals surface area contributed by atoms with Gasteiger partial charge in [-0.05, 0) is 89.6 Å². The molecule has 0 radical (unpaired) electrons. The van der Waals surface area contributed by atoms with Crippen LogP contribution in [0.3, 0.4) is 0 Å². The third-order valence-corrected chi connectivity index (χ3v) is 11.3. The Hall–Kier alpha value is -4.15. The topological polar surface area (TPSA) is 96.0 Å². The van der Waals surface area contributed by atoms with Crippen molar-refractivity contribution in [1.29, 1.82) is 0 Å². The number of sulfonamides is 1. The van der Waals surface area contributed by atoms with Crippen LogP contribution in [-0.2, 0) is 32.6 Å². The summed E-state index contributed by atoms with van der Waals surface area (Å²) in [5.41, 5.74) is 4.03. The first-order valence-electron chi connectivity index (χ1n) is 16.2. The maximum Gasteiger partial charge on any atom is 0.264 e. The van der Waals surface area contributed by atoms with E-state index in [1.165, 1.54) is 19.2 Å². The highest BCUT2D eigenvalue weighted by Gasteiger charge is 2.36. The molecule has 1 aliphatic rings. The van der Waals surface area contributed by atoms with Crippen molar-refractivity contribution in [3.63, 3.8) is 0 Å². The number of carbonyl (C=O) groups excluding carboxylic acids is 2. The zero-order chi connectivity index (χ0) is 34.3. The summed E-state index contributed by atoms with van der Waals surface area (Å²) in [5, 5.41) is 3.22. The Kier molecular flexibility index (Phi) is 11.6. The molecular formula is C38H42BrN3O5S. The Morgan fingerprint density at radius 2 is 1.58 bits per heavy atom. The van der Waals surface area contributed by atoms with Crippen LogP contribution in [0.1, 0.15) is 47.9 Å². The Morgan fingerprint density at radius 1 is 0.917 bits per heavy atom. The zero-order valence-electron chi connectivity index (χ0n) is 27.6. The van der Waals surface area contributed by atoms with Gasteiger partial charge in [-0.3, -0.25) is 13.9 Å². The van der Waals surface area contributed by atoms with E-state index in [4.69, 9.17) is 4.74 Å². The second kappa shape index (κ2) is 15.8. The lowest BCUT2D eigenvalue weighted by Gasteiger charge is -2.34. The Morgan fingerprint density at radius 3 is 2.23 bits per heavy atom. The molecule has 252 valence electrons. The Bertz CT molecular complexity index is 1830. The predicted molar refractivity (Wildman–Crippen MR) is 192 cm³/mol. The summed E-state index contributed by atoms with van der Waals surface area (Å²) in [6.07, 6.45) is 4.16. The minimum Gasteiger partial charge on any atom is -0.496 e. The third kappa shape index (κ3) is 8.46. The van der Waals surface area contributed by atoms with Crippen molar-refractivity contribution in [3.8, 4) is 5.75 Å². The van der Waals surface area contributed by atoms with Gasteiger partial charge < -0.3 is 15.0 Å². The van der Waals surface area contributed by atoms with Gasteiger partial charge in [-0.2, -0.15) is 0 Å². The first-order valence-corrected chi connectivity index (χ1v) is 18.4. The monoisotopic (exact) mass is 731 g/mol. The molecule has 0 heterocycles. The zero-order valence-corrected chi connectivity index (χ0v) is 30.0. The molecule has 4 aromatic rings. The fourth-order valence-electron chi connectivity index (χ4n) is 6.07. The van der Waals surface area contributed by atoms with Crippen LogP contribution < -0.4 is 14.4 Å². The van der Waals surface area contributed by atoms with Gasteiger partial charge in [0.2, 0.25) is 11.8 Å². The Labute approximate surface area is 292 Å². The number of benzene rings is 4. The number of aryl methyl sites for hydroxylation is 2. The molecular weight excluding hydrogens is 690 g/mol.